The third-order valence-corrected chi connectivity index (χ3v) is 5.21. The van der Waals surface area contributed by atoms with E-state index in [0.717, 1.165) is 68.9 Å². The van der Waals surface area contributed by atoms with Crippen molar-refractivity contribution in [2.45, 2.75) is 63.8 Å². The Morgan fingerprint density at radius 3 is 2.74 bits per heavy atom. The first-order chi connectivity index (χ1) is 12.5. The van der Waals surface area contributed by atoms with E-state index in [1.165, 1.54) is 0 Å². The standard InChI is InChI=1S/C18H34N6OS.HI/c1-14(2)12-24-15(22-23-17(24)26-5)8-6-10-20-16(19-4)21-13-18(3)9-7-11-25-18;/h14H,6-13H2,1-5H3,(H2,19,20,21);1H. The van der Waals surface area contributed by atoms with Crippen LogP contribution in [0.1, 0.15) is 45.9 Å². The molecule has 0 spiro atoms. The first-order valence-corrected chi connectivity index (χ1v) is 10.7. The van der Waals surface area contributed by atoms with E-state index < -0.39 is 0 Å². The van der Waals surface area contributed by atoms with Gasteiger partial charge < -0.3 is 19.9 Å². The van der Waals surface area contributed by atoms with Crippen LogP contribution in [0.15, 0.2) is 10.1 Å². The molecule has 1 saturated heterocycles. The Hall–Kier alpha value is -0.550. The molecule has 0 bridgehead atoms. The molecule has 1 aromatic rings. The quantitative estimate of drug-likeness (QED) is 0.175. The number of nitrogens with one attached hydrogen (secondary N) is 2. The maximum atomic E-state index is 5.81. The summed E-state index contributed by atoms with van der Waals surface area (Å²) in [5.41, 5.74) is -0.0703. The highest BCUT2D eigenvalue weighted by Crippen LogP contribution is 2.23. The fourth-order valence-corrected chi connectivity index (χ4v) is 3.65. The number of aryl methyl sites for hydroxylation is 1. The smallest absolute Gasteiger partial charge is 0.191 e. The second kappa shape index (κ2) is 12.1. The van der Waals surface area contributed by atoms with Gasteiger partial charge in [0.05, 0.1) is 5.60 Å². The molecule has 156 valence electrons. The van der Waals surface area contributed by atoms with Gasteiger partial charge in [-0.2, -0.15) is 0 Å². The van der Waals surface area contributed by atoms with E-state index in [-0.39, 0.29) is 29.6 Å². The highest BCUT2D eigenvalue weighted by molar-refractivity contribution is 14.0. The van der Waals surface area contributed by atoms with Crippen LogP contribution in [0.25, 0.3) is 0 Å². The predicted octanol–water partition coefficient (Wildman–Crippen LogP) is 2.94. The lowest BCUT2D eigenvalue weighted by molar-refractivity contribution is 0.0243. The second-order valence-corrected chi connectivity index (χ2v) is 8.24. The number of aromatic nitrogens is 3. The van der Waals surface area contributed by atoms with E-state index in [0.29, 0.717) is 5.92 Å². The lowest BCUT2D eigenvalue weighted by atomic mass is 10.0. The Kier molecular flexibility index (Phi) is 11.0. The zero-order valence-corrected chi connectivity index (χ0v) is 20.4. The number of guanidine groups is 1. The van der Waals surface area contributed by atoms with Crippen molar-refractivity contribution in [1.29, 1.82) is 0 Å². The zero-order chi connectivity index (χ0) is 19.0. The molecule has 1 aromatic heterocycles. The molecule has 9 heteroatoms. The molecule has 2 N–H and O–H groups in total. The van der Waals surface area contributed by atoms with Crippen LogP contribution in [0, 0.1) is 5.92 Å². The number of halogens is 1. The minimum Gasteiger partial charge on any atom is -0.373 e. The molecule has 1 unspecified atom stereocenters. The fourth-order valence-electron chi connectivity index (χ4n) is 3.12. The minimum absolute atomic E-state index is 0. The maximum Gasteiger partial charge on any atom is 0.191 e. The summed E-state index contributed by atoms with van der Waals surface area (Å²) in [5, 5.41) is 16.4. The van der Waals surface area contributed by atoms with Crippen molar-refractivity contribution in [3.8, 4) is 0 Å². The van der Waals surface area contributed by atoms with Crippen molar-refractivity contribution in [2.24, 2.45) is 10.9 Å². The summed E-state index contributed by atoms with van der Waals surface area (Å²) in [5.74, 6) is 2.48. The lowest BCUT2D eigenvalue weighted by Gasteiger charge is -2.24. The number of nitrogens with zero attached hydrogens (tertiary/aromatic N) is 4. The average Bonchev–Trinajstić information content (AvgIpc) is 3.21. The highest BCUT2D eigenvalue weighted by atomic mass is 127. The van der Waals surface area contributed by atoms with Crippen LogP contribution < -0.4 is 10.6 Å². The third-order valence-electron chi connectivity index (χ3n) is 4.55. The molecule has 2 rings (SSSR count). The molecule has 2 heterocycles. The van der Waals surface area contributed by atoms with Crippen LogP contribution in [0.2, 0.25) is 0 Å². The minimum atomic E-state index is -0.0703. The second-order valence-electron chi connectivity index (χ2n) is 7.47. The van der Waals surface area contributed by atoms with Crippen LogP contribution in [0.3, 0.4) is 0 Å². The van der Waals surface area contributed by atoms with Gasteiger partial charge in [0.15, 0.2) is 11.1 Å². The van der Waals surface area contributed by atoms with Crippen LogP contribution in [-0.4, -0.2) is 59.3 Å². The van der Waals surface area contributed by atoms with Crippen LogP contribution >= 0.6 is 35.7 Å². The SMILES string of the molecule is CN=C(NCCCc1nnc(SC)n1CC(C)C)NCC1(C)CCCO1.I. The molecule has 1 aliphatic heterocycles. The molecule has 0 aromatic carbocycles. The van der Waals surface area contributed by atoms with Gasteiger partial charge in [0.1, 0.15) is 5.82 Å². The number of aliphatic imine (C=N–C) groups is 1. The molecule has 27 heavy (non-hydrogen) atoms. The van der Waals surface area contributed by atoms with Crippen molar-refractivity contribution in [3.63, 3.8) is 0 Å². The van der Waals surface area contributed by atoms with E-state index in [1.54, 1.807) is 18.8 Å². The molecule has 1 aliphatic rings. The van der Waals surface area contributed by atoms with Crippen molar-refractivity contribution in [1.82, 2.24) is 25.4 Å². The first kappa shape index (κ1) is 24.5. The van der Waals surface area contributed by atoms with Crippen LogP contribution in [0.4, 0.5) is 0 Å². The summed E-state index contributed by atoms with van der Waals surface area (Å²) in [4.78, 5) is 4.30. The van der Waals surface area contributed by atoms with Gasteiger partial charge >= 0.3 is 0 Å². The van der Waals surface area contributed by atoms with Crippen molar-refractivity contribution < 1.29 is 4.74 Å². The normalized spacial score (nSPS) is 20.0. The van der Waals surface area contributed by atoms with Crippen molar-refractivity contribution in [2.75, 3.05) is 33.0 Å². The number of thioether (sulfide) groups is 1. The average molecular weight is 510 g/mol. The molecule has 0 radical (unpaired) electrons. The van der Waals surface area contributed by atoms with E-state index in [2.05, 4.69) is 57.4 Å². The number of hydrogen-bond donors (Lipinski definition) is 2. The maximum absolute atomic E-state index is 5.81. The lowest BCUT2D eigenvalue weighted by Crippen LogP contribution is -2.45. The van der Waals surface area contributed by atoms with E-state index in [1.807, 2.05) is 0 Å². The molecule has 0 aliphatic carbocycles. The van der Waals surface area contributed by atoms with Gasteiger partial charge in [0.2, 0.25) is 0 Å². The Labute approximate surface area is 184 Å². The third kappa shape index (κ3) is 7.77. The predicted molar refractivity (Wildman–Crippen MR) is 123 cm³/mol. The Bertz CT molecular complexity index is 586. The first-order valence-electron chi connectivity index (χ1n) is 9.52. The number of ether oxygens (including phenoxy) is 1. The van der Waals surface area contributed by atoms with E-state index in [4.69, 9.17) is 4.74 Å². The highest BCUT2D eigenvalue weighted by Gasteiger charge is 2.29. The topological polar surface area (TPSA) is 76.4 Å². The van der Waals surface area contributed by atoms with E-state index in [9.17, 15) is 0 Å². The fraction of sp³-hybridized carbons (Fsp3) is 0.833. The largest absolute Gasteiger partial charge is 0.373 e. The zero-order valence-electron chi connectivity index (χ0n) is 17.2. The summed E-state index contributed by atoms with van der Waals surface area (Å²) in [6, 6.07) is 0. The molecule has 0 saturated carbocycles. The van der Waals surface area contributed by atoms with Gasteiger partial charge in [-0.05, 0) is 38.4 Å². The Morgan fingerprint density at radius 1 is 1.37 bits per heavy atom. The van der Waals surface area contributed by atoms with Gasteiger partial charge in [0, 0.05) is 39.7 Å². The summed E-state index contributed by atoms with van der Waals surface area (Å²) >= 11 is 1.66. The number of rotatable bonds is 9. The molecular weight excluding hydrogens is 475 g/mol. The van der Waals surface area contributed by atoms with E-state index >= 15 is 0 Å². The molecule has 7 nitrogen and oxygen atoms in total. The van der Waals surface area contributed by atoms with Crippen LogP contribution in [0.5, 0.6) is 0 Å². The van der Waals surface area contributed by atoms with Gasteiger partial charge in [-0.3, -0.25) is 4.99 Å². The Morgan fingerprint density at radius 2 is 2.15 bits per heavy atom. The Balaban J connectivity index is 0.00000364. The van der Waals surface area contributed by atoms with Crippen molar-refractivity contribution >= 4 is 41.7 Å². The molecule has 0 amide bonds. The van der Waals surface area contributed by atoms with Crippen LogP contribution in [-0.2, 0) is 17.7 Å². The summed E-state index contributed by atoms with van der Waals surface area (Å²) < 4.78 is 8.06. The van der Waals surface area contributed by atoms with Gasteiger partial charge in [0.25, 0.3) is 0 Å². The van der Waals surface area contributed by atoms with Crippen molar-refractivity contribution in [3.05, 3.63) is 5.82 Å². The van der Waals surface area contributed by atoms with Gasteiger partial charge in [-0.15, -0.1) is 34.2 Å². The van der Waals surface area contributed by atoms with Gasteiger partial charge in [-0.1, -0.05) is 25.6 Å². The van der Waals surface area contributed by atoms with Gasteiger partial charge in [-0.25, -0.2) is 0 Å². The molecule has 1 atom stereocenters. The molecular formula is C18H35IN6OS. The number of hydrogen-bond acceptors (Lipinski definition) is 5. The monoisotopic (exact) mass is 510 g/mol. The molecule has 1 fully saturated rings. The summed E-state index contributed by atoms with van der Waals surface area (Å²) in [6.45, 7) is 10.1. The summed E-state index contributed by atoms with van der Waals surface area (Å²) in [7, 11) is 1.80. The summed E-state index contributed by atoms with van der Waals surface area (Å²) in [6.07, 6.45) is 6.18.